The maximum atomic E-state index is 9.30. The highest BCUT2D eigenvalue weighted by atomic mass is 35.5. The SMILES string of the molecule is OCc1cc(Cl)ccc1C1CCNCC1. The average molecular weight is 226 g/mol. The number of aliphatic hydroxyl groups is 1. The molecule has 2 N–H and O–H groups in total. The predicted octanol–water partition coefficient (Wildman–Crippen LogP) is 2.30. The Balaban J connectivity index is 2.25. The van der Waals surface area contributed by atoms with Crippen LogP contribution < -0.4 is 5.32 Å². The lowest BCUT2D eigenvalue weighted by molar-refractivity contribution is 0.279. The lowest BCUT2D eigenvalue weighted by Crippen LogP contribution is -2.27. The highest BCUT2D eigenvalue weighted by Gasteiger charge is 2.17. The second kappa shape index (κ2) is 4.97. The minimum Gasteiger partial charge on any atom is -0.392 e. The maximum absolute atomic E-state index is 9.30. The van der Waals surface area contributed by atoms with Crippen LogP contribution in [0.1, 0.15) is 29.9 Å². The van der Waals surface area contributed by atoms with Gasteiger partial charge in [0.1, 0.15) is 0 Å². The largest absolute Gasteiger partial charge is 0.392 e. The third-order valence-corrected chi connectivity index (χ3v) is 3.29. The first kappa shape index (κ1) is 10.9. The average Bonchev–Trinajstić information content (AvgIpc) is 2.30. The molecule has 0 amide bonds. The molecule has 15 heavy (non-hydrogen) atoms. The molecule has 0 unspecified atom stereocenters. The number of nitrogens with one attached hydrogen (secondary N) is 1. The van der Waals surface area contributed by atoms with Crippen molar-refractivity contribution in [2.24, 2.45) is 0 Å². The fraction of sp³-hybridized carbons (Fsp3) is 0.500. The van der Waals surface area contributed by atoms with Crippen LogP contribution in [0.2, 0.25) is 5.02 Å². The summed E-state index contributed by atoms with van der Waals surface area (Å²) >= 11 is 5.91. The molecule has 1 heterocycles. The molecule has 1 aromatic carbocycles. The van der Waals surface area contributed by atoms with E-state index in [1.807, 2.05) is 12.1 Å². The smallest absolute Gasteiger partial charge is 0.0685 e. The fourth-order valence-electron chi connectivity index (χ4n) is 2.24. The number of aliphatic hydroxyl groups excluding tert-OH is 1. The van der Waals surface area contributed by atoms with Crippen molar-refractivity contribution in [2.75, 3.05) is 13.1 Å². The summed E-state index contributed by atoms with van der Waals surface area (Å²) < 4.78 is 0. The molecular weight excluding hydrogens is 210 g/mol. The van der Waals surface area contributed by atoms with Crippen molar-refractivity contribution < 1.29 is 5.11 Å². The summed E-state index contributed by atoms with van der Waals surface area (Å²) in [6.07, 6.45) is 2.29. The summed E-state index contributed by atoms with van der Waals surface area (Å²) in [6, 6.07) is 5.85. The molecule has 2 nitrogen and oxygen atoms in total. The van der Waals surface area contributed by atoms with E-state index in [0.717, 1.165) is 31.5 Å². The number of rotatable bonds is 2. The minimum atomic E-state index is 0.0832. The van der Waals surface area contributed by atoms with Crippen molar-refractivity contribution >= 4 is 11.6 Å². The van der Waals surface area contributed by atoms with Gasteiger partial charge >= 0.3 is 0 Å². The number of halogens is 1. The summed E-state index contributed by atoms with van der Waals surface area (Å²) in [5.74, 6) is 0.575. The van der Waals surface area contributed by atoms with Gasteiger partial charge in [0.2, 0.25) is 0 Å². The monoisotopic (exact) mass is 225 g/mol. The first-order valence-electron chi connectivity index (χ1n) is 5.41. The van der Waals surface area contributed by atoms with Gasteiger partial charge in [-0.05, 0) is 55.1 Å². The van der Waals surface area contributed by atoms with Crippen LogP contribution >= 0.6 is 11.6 Å². The standard InChI is InChI=1S/C12H16ClNO/c13-11-1-2-12(10(7-11)8-15)9-3-5-14-6-4-9/h1-2,7,9,14-15H,3-6,8H2. The van der Waals surface area contributed by atoms with Gasteiger partial charge in [0.05, 0.1) is 6.61 Å². The topological polar surface area (TPSA) is 32.3 Å². The predicted molar refractivity (Wildman–Crippen MR) is 62.2 cm³/mol. The molecule has 0 spiro atoms. The van der Waals surface area contributed by atoms with E-state index in [-0.39, 0.29) is 6.61 Å². The number of benzene rings is 1. The third-order valence-electron chi connectivity index (χ3n) is 3.05. The van der Waals surface area contributed by atoms with Crippen LogP contribution in [0.4, 0.5) is 0 Å². The number of hydrogen-bond acceptors (Lipinski definition) is 2. The number of piperidine rings is 1. The van der Waals surface area contributed by atoms with E-state index in [2.05, 4.69) is 11.4 Å². The zero-order valence-corrected chi connectivity index (χ0v) is 9.43. The maximum Gasteiger partial charge on any atom is 0.0685 e. The molecule has 0 atom stereocenters. The van der Waals surface area contributed by atoms with E-state index in [9.17, 15) is 5.11 Å². The van der Waals surface area contributed by atoms with Crippen LogP contribution in [0.3, 0.4) is 0 Å². The Morgan fingerprint density at radius 2 is 2.07 bits per heavy atom. The van der Waals surface area contributed by atoms with Crippen LogP contribution in [0.5, 0.6) is 0 Å². The van der Waals surface area contributed by atoms with Crippen LogP contribution in [0.15, 0.2) is 18.2 Å². The summed E-state index contributed by atoms with van der Waals surface area (Å²) in [7, 11) is 0. The molecule has 0 aliphatic carbocycles. The van der Waals surface area contributed by atoms with E-state index < -0.39 is 0 Å². The van der Waals surface area contributed by atoms with E-state index >= 15 is 0 Å². The van der Waals surface area contributed by atoms with Gasteiger partial charge in [0, 0.05) is 5.02 Å². The van der Waals surface area contributed by atoms with Crippen molar-refractivity contribution in [3.63, 3.8) is 0 Å². The van der Waals surface area contributed by atoms with Crippen LogP contribution in [0.25, 0.3) is 0 Å². The highest BCUT2D eigenvalue weighted by Crippen LogP contribution is 2.29. The highest BCUT2D eigenvalue weighted by molar-refractivity contribution is 6.30. The number of hydrogen-bond donors (Lipinski definition) is 2. The van der Waals surface area contributed by atoms with Crippen molar-refractivity contribution in [3.8, 4) is 0 Å². The van der Waals surface area contributed by atoms with Crippen molar-refractivity contribution in [3.05, 3.63) is 34.3 Å². The molecule has 1 fully saturated rings. The van der Waals surface area contributed by atoms with Gasteiger partial charge in [-0.2, -0.15) is 0 Å². The molecule has 0 bridgehead atoms. The van der Waals surface area contributed by atoms with E-state index in [1.54, 1.807) is 0 Å². The van der Waals surface area contributed by atoms with Gasteiger partial charge < -0.3 is 10.4 Å². The molecule has 3 heteroatoms. The van der Waals surface area contributed by atoms with Crippen molar-refractivity contribution in [1.82, 2.24) is 5.32 Å². The lowest BCUT2D eigenvalue weighted by Gasteiger charge is -2.24. The normalized spacial score (nSPS) is 18.0. The van der Waals surface area contributed by atoms with Crippen molar-refractivity contribution in [2.45, 2.75) is 25.4 Å². The van der Waals surface area contributed by atoms with E-state index in [4.69, 9.17) is 11.6 Å². The van der Waals surface area contributed by atoms with E-state index in [0.29, 0.717) is 10.9 Å². The molecule has 1 aromatic rings. The fourth-order valence-corrected chi connectivity index (χ4v) is 2.44. The Bertz CT molecular complexity index is 334. The van der Waals surface area contributed by atoms with Gasteiger partial charge in [-0.25, -0.2) is 0 Å². The molecule has 0 aromatic heterocycles. The Morgan fingerprint density at radius 1 is 1.33 bits per heavy atom. The van der Waals surface area contributed by atoms with Crippen LogP contribution in [-0.2, 0) is 6.61 Å². The summed E-state index contributed by atoms with van der Waals surface area (Å²) in [4.78, 5) is 0. The Labute approximate surface area is 95.3 Å². The molecule has 1 saturated heterocycles. The van der Waals surface area contributed by atoms with Gasteiger partial charge in [-0.15, -0.1) is 0 Å². The summed E-state index contributed by atoms with van der Waals surface area (Å²) in [5, 5.41) is 13.3. The summed E-state index contributed by atoms with van der Waals surface area (Å²) in [6.45, 7) is 2.22. The third kappa shape index (κ3) is 2.51. The van der Waals surface area contributed by atoms with Crippen molar-refractivity contribution in [1.29, 1.82) is 0 Å². The molecule has 82 valence electrons. The second-order valence-corrected chi connectivity index (χ2v) is 4.46. The molecule has 0 saturated carbocycles. The van der Waals surface area contributed by atoms with Crippen LogP contribution in [0, 0.1) is 0 Å². The molecule has 1 aliphatic rings. The van der Waals surface area contributed by atoms with E-state index in [1.165, 1.54) is 5.56 Å². The van der Waals surface area contributed by atoms with Gasteiger partial charge in [-0.1, -0.05) is 17.7 Å². The molecular formula is C12H16ClNO. The Morgan fingerprint density at radius 3 is 2.73 bits per heavy atom. The van der Waals surface area contributed by atoms with Gasteiger partial charge in [0.25, 0.3) is 0 Å². The first-order chi connectivity index (χ1) is 7.31. The van der Waals surface area contributed by atoms with Gasteiger partial charge in [-0.3, -0.25) is 0 Å². The Kier molecular flexibility index (Phi) is 3.62. The molecule has 0 radical (unpaired) electrons. The zero-order chi connectivity index (χ0) is 10.7. The quantitative estimate of drug-likeness (QED) is 0.810. The Hall–Kier alpha value is -0.570. The second-order valence-electron chi connectivity index (χ2n) is 4.03. The van der Waals surface area contributed by atoms with Gasteiger partial charge in [0.15, 0.2) is 0 Å². The molecule has 1 aliphatic heterocycles. The van der Waals surface area contributed by atoms with Crippen LogP contribution in [-0.4, -0.2) is 18.2 Å². The first-order valence-corrected chi connectivity index (χ1v) is 5.79. The molecule has 2 rings (SSSR count). The minimum absolute atomic E-state index is 0.0832. The lowest BCUT2D eigenvalue weighted by atomic mass is 9.87. The summed E-state index contributed by atoms with van der Waals surface area (Å²) in [5.41, 5.74) is 2.25. The zero-order valence-electron chi connectivity index (χ0n) is 8.67.